The molecule has 1 nitrogen and oxygen atoms in total. The van der Waals surface area contributed by atoms with E-state index in [1.165, 1.54) is 45.1 Å². The molecule has 0 aliphatic carbocycles. The van der Waals surface area contributed by atoms with Crippen molar-refractivity contribution in [2.75, 3.05) is 6.54 Å². The van der Waals surface area contributed by atoms with Crippen LogP contribution in [0.5, 0.6) is 0 Å². The molecule has 1 heteroatoms. The first kappa shape index (κ1) is 15.0. The Morgan fingerprint density at radius 1 is 1.00 bits per heavy atom. The van der Waals surface area contributed by atoms with Crippen LogP contribution < -0.4 is 5.32 Å². The summed E-state index contributed by atoms with van der Waals surface area (Å²) in [6.45, 7) is 12.7. The van der Waals surface area contributed by atoms with Gasteiger partial charge in [0.05, 0.1) is 0 Å². The molecule has 0 spiro atoms. The van der Waals surface area contributed by atoms with Crippen molar-refractivity contribution in [1.82, 2.24) is 5.32 Å². The van der Waals surface area contributed by atoms with Gasteiger partial charge in [-0.15, -0.1) is 0 Å². The third-order valence-electron chi connectivity index (χ3n) is 2.80. The van der Waals surface area contributed by atoms with Gasteiger partial charge in [-0.1, -0.05) is 47.5 Å². The van der Waals surface area contributed by atoms with E-state index in [0.717, 1.165) is 6.04 Å². The van der Waals surface area contributed by atoms with Gasteiger partial charge in [-0.05, 0) is 37.6 Å². The molecule has 0 saturated heterocycles. The molecule has 0 radical (unpaired) electrons. The van der Waals surface area contributed by atoms with Crippen molar-refractivity contribution in [3.63, 3.8) is 0 Å². The van der Waals surface area contributed by atoms with Crippen LogP contribution in [0.2, 0.25) is 0 Å². The average Bonchev–Trinajstić information content (AvgIpc) is 2.12. The van der Waals surface area contributed by atoms with E-state index in [-0.39, 0.29) is 0 Å². The average molecular weight is 213 g/mol. The Labute approximate surface area is 97.0 Å². The summed E-state index contributed by atoms with van der Waals surface area (Å²) in [5.74, 6) is 0. The van der Waals surface area contributed by atoms with Crippen molar-refractivity contribution in [1.29, 1.82) is 0 Å². The molecule has 0 aromatic carbocycles. The number of nitrogens with one attached hydrogen (secondary N) is 1. The Bertz CT molecular complexity index is 135. The van der Waals surface area contributed by atoms with Gasteiger partial charge in [-0.25, -0.2) is 0 Å². The summed E-state index contributed by atoms with van der Waals surface area (Å²) in [4.78, 5) is 0. The van der Waals surface area contributed by atoms with Crippen molar-refractivity contribution in [3.05, 3.63) is 0 Å². The van der Waals surface area contributed by atoms with Crippen LogP contribution in [0.1, 0.15) is 73.1 Å². The second-order valence-electron chi connectivity index (χ2n) is 5.89. The van der Waals surface area contributed by atoms with E-state index in [1.54, 1.807) is 0 Å². The fourth-order valence-corrected chi connectivity index (χ4v) is 1.92. The van der Waals surface area contributed by atoms with Crippen LogP contribution in [0, 0.1) is 5.41 Å². The Morgan fingerprint density at radius 2 is 1.67 bits per heavy atom. The summed E-state index contributed by atoms with van der Waals surface area (Å²) in [6, 6.07) is 0.761. The standard InChI is InChI=1S/C14H31N/c1-6-9-13(15-12-7-2)10-8-11-14(3,4)5/h13,15H,6-12H2,1-5H3. The lowest BCUT2D eigenvalue weighted by Gasteiger charge is -2.21. The van der Waals surface area contributed by atoms with E-state index >= 15 is 0 Å². The summed E-state index contributed by atoms with van der Waals surface area (Å²) >= 11 is 0. The maximum Gasteiger partial charge on any atom is 0.00669 e. The zero-order valence-corrected chi connectivity index (χ0v) is 11.5. The maximum absolute atomic E-state index is 3.66. The Hall–Kier alpha value is -0.0400. The normalized spacial score (nSPS) is 14.2. The molecule has 0 heterocycles. The fraction of sp³-hybridized carbons (Fsp3) is 1.00. The SMILES string of the molecule is CCCNC(CCC)CCCC(C)(C)C. The van der Waals surface area contributed by atoms with Gasteiger partial charge >= 0.3 is 0 Å². The molecule has 0 aromatic rings. The topological polar surface area (TPSA) is 12.0 Å². The third-order valence-corrected chi connectivity index (χ3v) is 2.80. The molecule has 0 saturated carbocycles. The quantitative estimate of drug-likeness (QED) is 0.631. The largest absolute Gasteiger partial charge is 0.314 e. The van der Waals surface area contributed by atoms with Gasteiger partial charge < -0.3 is 5.32 Å². The minimum absolute atomic E-state index is 0.502. The van der Waals surface area contributed by atoms with E-state index in [4.69, 9.17) is 0 Å². The Kier molecular flexibility index (Phi) is 8.13. The van der Waals surface area contributed by atoms with Gasteiger partial charge in [-0.3, -0.25) is 0 Å². The van der Waals surface area contributed by atoms with Gasteiger partial charge in [0.1, 0.15) is 0 Å². The van der Waals surface area contributed by atoms with Gasteiger partial charge in [0.2, 0.25) is 0 Å². The van der Waals surface area contributed by atoms with E-state index in [2.05, 4.69) is 39.9 Å². The summed E-state index contributed by atoms with van der Waals surface area (Å²) < 4.78 is 0. The summed E-state index contributed by atoms with van der Waals surface area (Å²) in [6.07, 6.45) is 7.96. The fourth-order valence-electron chi connectivity index (χ4n) is 1.92. The van der Waals surface area contributed by atoms with Crippen molar-refractivity contribution in [2.45, 2.75) is 79.2 Å². The third kappa shape index (κ3) is 10.2. The molecule has 0 aliphatic rings. The van der Waals surface area contributed by atoms with Gasteiger partial charge in [-0.2, -0.15) is 0 Å². The van der Waals surface area contributed by atoms with Crippen LogP contribution in [-0.4, -0.2) is 12.6 Å². The highest BCUT2D eigenvalue weighted by Gasteiger charge is 2.12. The zero-order valence-electron chi connectivity index (χ0n) is 11.5. The van der Waals surface area contributed by atoms with Crippen molar-refractivity contribution in [2.24, 2.45) is 5.41 Å². The molecule has 1 N–H and O–H groups in total. The first-order valence-corrected chi connectivity index (χ1v) is 6.73. The lowest BCUT2D eigenvalue weighted by atomic mass is 9.88. The summed E-state index contributed by atoms with van der Waals surface area (Å²) in [7, 11) is 0. The molecule has 15 heavy (non-hydrogen) atoms. The van der Waals surface area contributed by atoms with Crippen LogP contribution in [0.3, 0.4) is 0 Å². The Morgan fingerprint density at radius 3 is 2.13 bits per heavy atom. The molecule has 1 unspecified atom stereocenters. The molecule has 0 aromatic heterocycles. The second kappa shape index (κ2) is 8.15. The van der Waals surface area contributed by atoms with E-state index < -0.39 is 0 Å². The Balaban J connectivity index is 3.65. The van der Waals surface area contributed by atoms with Crippen molar-refractivity contribution >= 4 is 0 Å². The van der Waals surface area contributed by atoms with Gasteiger partial charge in [0.15, 0.2) is 0 Å². The minimum atomic E-state index is 0.502. The van der Waals surface area contributed by atoms with Crippen molar-refractivity contribution < 1.29 is 0 Å². The molecular formula is C14H31N. The van der Waals surface area contributed by atoms with Crippen LogP contribution in [0.15, 0.2) is 0 Å². The molecule has 0 bridgehead atoms. The molecular weight excluding hydrogens is 182 g/mol. The predicted molar refractivity (Wildman–Crippen MR) is 70.3 cm³/mol. The first-order chi connectivity index (χ1) is 6.99. The maximum atomic E-state index is 3.66. The van der Waals surface area contributed by atoms with Gasteiger partial charge in [0.25, 0.3) is 0 Å². The smallest absolute Gasteiger partial charge is 0.00669 e. The molecule has 1 atom stereocenters. The highest BCUT2D eigenvalue weighted by molar-refractivity contribution is 4.69. The summed E-state index contributed by atoms with van der Waals surface area (Å²) in [5.41, 5.74) is 0.502. The zero-order chi connectivity index (χ0) is 11.7. The highest BCUT2D eigenvalue weighted by Crippen LogP contribution is 2.22. The lowest BCUT2D eigenvalue weighted by molar-refractivity contribution is 0.337. The second-order valence-corrected chi connectivity index (χ2v) is 5.89. The molecule has 0 rings (SSSR count). The van der Waals surface area contributed by atoms with E-state index in [0.29, 0.717) is 5.41 Å². The van der Waals surface area contributed by atoms with Crippen LogP contribution in [0.4, 0.5) is 0 Å². The number of hydrogen-bond acceptors (Lipinski definition) is 1. The summed E-state index contributed by atoms with van der Waals surface area (Å²) in [5, 5.41) is 3.66. The molecule has 0 fully saturated rings. The number of hydrogen-bond donors (Lipinski definition) is 1. The van der Waals surface area contributed by atoms with Gasteiger partial charge in [0, 0.05) is 6.04 Å². The molecule has 92 valence electrons. The monoisotopic (exact) mass is 213 g/mol. The van der Waals surface area contributed by atoms with E-state index in [9.17, 15) is 0 Å². The van der Waals surface area contributed by atoms with Crippen LogP contribution in [0.25, 0.3) is 0 Å². The first-order valence-electron chi connectivity index (χ1n) is 6.73. The van der Waals surface area contributed by atoms with Crippen LogP contribution in [-0.2, 0) is 0 Å². The van der Waals surface area contributed by atoms with Crippen LogP contribution >= 0.6 is 0 Å². The molecule has 0 aliphatic heterocycles. The number of rotatable bonds is 8. The predicted octanol–water partition coefficient (Wildman–Crippen LogP) is 4.37. The minimum Gasteiger partial charge on any atom is -0.314 e. The van der Waals surface area contributed by atoms with Crippen molar-refractivity contribution in [3.8, 4) is 0 Å². The van der Waals surface area contributed by atoms with E-state index in [1.807, 2.05) is 0 Å². The lowest BCUT2D eigenvalue weighted by Crippen LogP contribution is -2.29. The molecule has 0 amide bonds. The highest BCUT2D eigenvalue weighted by atomic mass is 14.9.